The molecule has 1 saturated carbocycles. The van der Waals surface area contributed by atoms with E-state index in [-0.39, 0.29) is 5.97 Å². The van der Waals surface area contributed by atoms with Crippen LogP contribution in [-0.2, 0) is 9.53 Å². The van der Waals surface area contributed by atoms with E-state index in [0.29, 0.717) is 18.9 Å². The van der Waals surface area contributed by atoms with Crippen LogP contribution in [0.15, 0.2) is 12.2 Å². The van der Waals surface area contributed by atoms with Crippen molar-refractivity contribution < 1.29 is 9.53 Å². The Hall–Kier alpha value is -0.790. The topological polar surface area (TPSA) is 26.3 Å². The minimum Gasteiger partial charge on any atom is -0.465 e. The molecule has 2 aliphatic carbocycles. The number of carbonyl (C=O) groups is 1. The molecule has 76 valence electrons. The first-order valence-corrected chi connectivity index (χ1v) is 5.65. The molecule has 2 nitrogen and oxygen atoms in total. The molecular weight excluding hydrogens is 176 g/mol. The van der Waals surface area contributed by atoms with Crippen molar-refractivity contribution in [2.45, 2.75) is 25.7 Å². The number of ether oxygens (including phenoxy) is 1. The molecule has 0 amide bonds. The van der Waals surface area contributed by atoms with Crippen LogP contribution in [0, 0.1) is 23.7 Å². The molecule has 1 aliphatic heterocycles. The lowest BCUT2D eigenvalue weighted by molar-refractivity contribution is -0.137. The molecule has 2 bridgehead atoms. The summed E-state index contributed by atoms with van der Waals surface area (Å²) < 4.78 is 5.00. The van der Waals surface area contributed by atoms with Crippen LogP contribution in [0.5, 0.6) is 0 Å². The second kappa shape index (κ2) is 3.11. The average Bonchev–Trinajstić information content (AvgIpc) is 2.82. The van der Waals surface area contributed by atoms with Crippen LogP contribution >= 0.6 is 0 Å². The lowest BCUT2D eigenvalue weighted by Crippen LogP contribution is -2.13. The molecule has 0 spiro atoms. The predicted molar refractivity (Wildman–Crippen MR) is 52.5 cm³/mol. The Labute approximate surface area is 84.3 Å². The lowest BCUT2D eigenvalue weighted by Gasteiger charge is -2.20. The second-order valence-electron chi connectivity index (χ2n) is 5.03. The third kappa shape index (κ3) is 1.37. The summed E-state index contributed by atoms with van der Waals surface area (Å²) in [6, 6.07) is 0. The SMILES string of the molecule is O=C1CC(CC2CC3C=CC2C3)CO1. The van der Waals surface area contributed by atoms with Crippen LogP contribution in [0.3, 0.4) is 0 Å². The molecule has 2 fully saturated rings. The summed E-state index contributed by atoms with van der Waals surface area (Å²) in [5.74, 6) is 3.03. The van der Waals surface area contributed by atoms with Gasteiger partial charge in [-0.1, -0.05) is 12.2 Å². The average molecular weight is 192 g/mol. The molecule has 3 rings (SSSR count). The quantitative estimate of drug-likeness (QED) is 0.495. The third-order valence-corrected chi connectivity index (χ3v) is 3.99. The van der Waals surface area contributed by atoms with Crippen molar-refractivity contribution in [2.75, 3.05) is 6.61 Å². The molecule has 1 saturated heterocycles. The van der Waals surface area contributed by atoms with E-state index < -0.39 is 0 Å². The van der Waals surface area contributed by atoms with Crippen molar-refractivity contribution in [3.05, 3.63) is 12.2 Å². The fourth-order valence-electron chi connectivity index (χ4n) is 3.31. The summed E-state index contributed by atoms with van der Waals surface area (Å²) in [6.07, 6.45) is 9.35. The molecule has 0 radical (unpaired) electrons. The lowest BCUT2D eigenvalue weighted by atomic mass is 9.85. The zero-order valence-electron chi connectivity index (χ0n) is 8.32. The summed E-state index contributed by atoms with van der Waals surface area (Å²) in [6.45, 7) is 0.677. The maximum absolute atomic E-state index is 11.0. The number of carbonyl (C=O) groups excluding carboxylic acids is 1. The Bertz CT molecular complexity index is 282. The molecule has 4 atom stereocenters. The van der Waals surface area contributed by atoms with E-state index in [4.69, 9.17) is 4.74 Å². The first-order chi connectivity index (χ1) is 6.81. The summed E-state index contributed by atoms with van der Waals surface area (Å²) >= 11 is 0. The molecule has 3 aliphatic rings. The molecule has 14 heavy (non-hydrogen) atoms. The minimum atomic E-state index is 0.00805. The van der Waals surface area contributed by atoms with Gasteiger partial charge in [-0.25, -0.2) is 0 Å². The van der Waals surface area contributed by atoms with Gasteiger partial charge in [0.2, 0.25) is 0 Å². The second-order valence-corrected chi connectivity index (χ2v) is 5.03. The number of esters is 1. The van der Waals surface area contributed by atoms with E-state index in [1.54, 1.807) is 0 Å². The predicted octanol–water partition coefficient (Wildman–Crippen LogP) is 2.15. The van der Waals surface area contributed by atoms with Gasteiger partial charge in [0.25, 0.3) is 0 Å². The zero-order chi connectivity index (χ0) is 9.54. The number of hydrogen-bond donors (Lipinski definition) is 0. The summed E-state index contributed by atoms with van der Waals surface area (Å²) in [7, 11) is 0. The van der Waals surface area contributed by atoms with E-state index in [0.717, 1.165) is 17.8 Å². The Balaban J connectivity index is 1.58. The van der Waals surface area contributed by atoms with Crippen molar-refractivity contribution in [2.24, 2.45) is 23.7 Å². The summed E-state index contributed by atoms with van der Waals surface area (Å²) in [4.78, 5) is 11.0. The number of allylic oxidation sites excluding steroid dienone is 2. The van der Waals surface area contributed by atoms with Gasteiger partial charge < -0.3 is 4.74 Å². The fraction of sp³-hybridized carbons (Fsp3) is 0.750. The van der Waals surface area contributed by atoms with Crippen molar-refractivity contribution >= 4 is 5.97 Å². The van der Waals surface area contributed by atoms with Crippen molar-refractivity contribution in [3.63, 3.8) is 0 Å². The number of cyclic esters (lactones) is 1. The van der Waals surface area contributed by atoms with Gasteiger partial charge in [0, 0.05) is 5.92 Å². The first-order valence-electron chi connectivity index (χ1n) is 5.65. The van der Waals surface area contributed by atoms with E-state index in [2.05, 4.69) is 12.2 Å². The van der Waals surface area contributed by atoms with Crippen molar-refractivity contribution in [3.8, 4) is 0 Å². The largest absolute Gasteiger partial charge is 0.465 e. The van der Waals surface area contributed by atoms with Crippen LogP contribution in [0.2, 0.25) is 0 Å². The van der Waals surface area contributed by atoms with E-state index in [1.165, 1.54) is 19.3 Å². The highest BCUT2D eigenvalue weighted by Crippen LogP contribution is 2.46. The molecule has 1 heterocycles. The van der Waals surface area contributed by atoms with Crippen LogP contribution in [0.25, 0.3) is 0 Å². The molecule has 0 N–H and O–H groups in total. The summed E-state index contributed by atoms with van der Waals surface area (Å²) in [5, 5.41) is 0. The minimum absolute atomic E-state index is 0.00805. The van der Waals surface area contributed by atoms with Gasteiger partial charge in [0.05, 0.1) is 13.0 Å². The Morgan fingerprint density at radius 1 is 1.36 bits per heavy atom. The number of fused-ring (bicyclic) bond motifs is 2. The van der Waals surface area contributed by atoms with Crippen molar-refractivity contribution in [1.82, 2.24) is 0 Å². The van der Waals surface area contributed by atoms with Gasteiger partial charge in [-0.15, -0.1) is 0 Å². The van der Waals surface area contributed by atoms with E-state index in [1.807, 2.05) is 0 Å². The highest BCUT2D eigenvalue weighted by atomic mass is 16.5. The fourth-order valence-corrected chi connectivity index (χ4v) is 3.31. The van der Waals surface area contributed by atoms with Crippen LogP contribution < -0.4 is 0 Å². The molecule has 2 heteroatoms. The zero-order valence-corrected chi connectivity index (χ0v) is 8.32. The van der Waals surface area contributed by atoms with E-state index >= 15 is 0 Å². The standard InChI is InChI=1S/C12H16O2/c13-12-6-9(7-14-12)5-11-4-8-1-2-10(11)3-8/h1-2,8-11H,3-7H2. The first kappa shape index (κ1) is 8.51. The molecule has 0 aromatic carbocycles. The molecular formula is C12H16O2. The van der Waals surface area contributed by atoms with Gasteiger partial charge in [-0.2, -0.15) is 0 Å². The smallest absolute Gasteiger partial charge is 0.306 e. The van der Waals surface area contributed by atoms with Gasteiger partial charge in [-0.05, 0) is 37.0 Å². The normalized spacial score (nSPS) is 44.7. The Morgan fingerprint density at radius 2 is 2.29 bits per heavy atom. The number of hydrogen-bond acceptors (Lipinski definition) is 2. The van der Waals surface area contributed by atoms with Crippen LogP contribution in [0.1, 0.15) is 25.7 Å². The molecule has 0 aromatic heterocycles. The highest BCUT2D eigenvalue weighted by molar-refractivity contribution is 5.71. The van der Waals surface area contributed by atoms with Crippen LogP contribution in [-0.4, -0.2) is 12.6 Å². The maximum atomic E-state index is 11.0. The van der Waals surface area contributed by atoms with Crippen LogP contribution in [0.4, 0.5) is 0 Å². The number of rotatable bonds is 2. The maximum Gasteiger partial charge on any atom is 0.306 e. The van der Waals surface area contributed by atoms with E-state index in [9.17, 15) is 4.79 Å². The molecule has 4 unspecified atom stereocenters. The monoisotopic (exact) mass is 192 g/mol. The highest BCUT2D eigenvalue weighted by Gasteiger charge is 2.38. The Kier molecular flexibility index (Phi) is 1.89. The van der Waals surface area contributed by atoms with Gasteiger partial charge in [0.15, 0.2) is 0 Å². The Morgan fingerprint density at radius 3 is 2.86 bits per heavy atom. The van der Waals surface area contributed by atoms with Gasteiger partial charge in [0.1, 0.15) is 0 Å². The van der Waals surface area contributed by atoms with Crippen molar-refractivity contribution in [1.29, 1.82) is 0 Å². The summed E-state index contributed by atoms with van der Waals surface area (Å²) in [5.41, 5.74) is 0. The van der Waals surface area contributed by atoms with Gasteiger partial charge in [-0.3, -0.25) is 4.79 Å². The third-order valence-electron chi connectivity index (χ3n) is 3.99. The van der Waals surface area contributed by atoms with Gasteiger partial charge >= 0.3 is 5.97 Å². The molecule has 0 aromatic rings.